The van der Waals surface area contributed by atoms with E-state index in [0.717, 1.165) is 12.4 Å². The first-order valence-electron chi connectivity index (χ1n) is 6.96. The lowest BCUT2D eigenvalue weighted by Crippen LogP contribution is -2.31. The fourth-order valence-electron chi connectivity index (χ4n) is 1.69. The van der Waals surface area contributed by atoms with E-state index in [4.69, 9.17) is 5.26 Å². The molecule has 6 nitrogen and oxygen atoms in total. The number of nitrogens with zero attached hydrogens (tertiary/aromatic N) is 6. The van der Waals surface area contributed by atoms with E-state index in [9.17, 15) is 0 Å². The van der Waals surface area contributed by atoms with E-state index in [0.29, 0.717) is 18.4 Å². The number of aromatic nitrogens is 3. The molecule has 0 saturated carbocycles. The monoisotopic (exact) mass is 276 g/mol. The van der Waals surface area contributed by atoms with Crippen molar-refractivity contribution < 1.29 is 0 Å². The highest BCUT2D eigenvalue weighted by Crippen LogP contribution is 2.18. The average molecular weight is 276 g/mol. The van der Waals surface area contributed by atoms with Gasteiger partial charge >= 0.3 is 0 Å². The maximum absolute atomic E-state index is 8.97. The van der Waals surface area contributed by atoms with Crippen LogP contribution in [-0.2, 0) is 0 Å². The first kappa shape index (κ1) is 16.2. The van der Waals surface area contributed by atoms with Gasteiger partial charge in [0.05, 0.1) is 12.0 Å². The molecule has 0 aliphatic carbocycles. The van der Waals surface area contributed by atoms with Gasteiger partial charge in [0.1, 0.15) is 5.82 Å². The van der Waals surface area contributed by atoms with E-state index in [1.165, 1.54) is 0 Å². The van der Waals surface area contributed by atoms with Crippen molar-refractivity contribution in [1.82, 2.24) is 15.0 Å². The van der Waals surface area contributed by atoms with Crippen molar-refractivity contribution in [2.75, 3.05) is 37.0 Å². The summed E-state index contributed by atoms with van der Waals surface area (Å²) in [7, 11) is 3.83. The summed E-state index contributed by atoms with van der Waals surface area (Å²) < 4.78 is 0. The number of hydrogen-bond acceptors (Lipinski definition) is 6. The molecule has 0 saturated heterocycles. The van der Waals surface area contributed by atoms with Crippen LogP contribution < -0.4 is 9.80 Å². The summed E-state index contributed by atoms with van der Waals surface area (Å²) in [4.78, 5) is 17.4. The Bertz CT molecular complexity index is 451. The fraction of sp³-hybridized carbons (Fsp3) is 0.714. The molecule has 0 amide bonds. The Morgan fingerprint density at radius 3 is 2.15 bits per heavy atom. The average Bonchev–Trinajstić information content (AvgIpc) is 2.43. The molecule has 110 valence electrons. The zero-order valence-electron chi connectivity index (χ0n) is 13.3. The fourth-order valence-corrected chi connectivity index (χ4v) is 1.69. The molecule has 1 aromatic heterocycles. The number of anilines is 2. The standard InChI is InChI=1S/C14H24N6/c1-7-20(9-11(4)8-15)14-17-12(10(2)3)16-13(18-14)19(5)6/h10-11H,7,9H2,1-6H3. The Hall–Kier alpha value is -1.90. The van der Waals surface area contributed by atoms with Crippen molar-refractivity contribution in [1.29, 1.82) is 5.26 Å². The van der Waals surface area contributed by atoms with Crippen LogP contribution in [-0.4, -0.2) is 42.1 Å². The van der Waals surface area contributed by atoms with E-state index in [1.807, 2.05) is 37.7 Å². The van der Waals surface area contributed by atoms with Gasteiger partial charge in [0.15, 0.2) is 0 Å². The molecule has 0 aliphatic heterocycles. The summed E-state index contributed by atoms with van der Waals surface area (Å²) in [6.07, 6.45) is 0. The van der Waals surface area contributed by atoms with E-state index in [2.05, 4.69) is 34.9 Å². The second kappa shape index (κ2) is 7.04. The lowest BCUT2D eigenvalue weighted by Gasteiger charge is -2.24. The normalized spacial score (nSPS) is 12.1. The Kier molecular flexibility index (Phi) is 5.68. The van der Waals surface area contributed by atoms with E-state index in [-0.39, 0.29) is 11.8 Å². The summed E-state index contributed by atoms with van der Waals surface area (Å²) in [5.41, 5.74) is 0. The summed E-state index contributed by atoms with van der Waals surface area (Å²) >= 11 is 0. The Labute approximate surface area is 121 Å². The second-order valence-electron chi connectivity index (χ2n) is 5.41. The minimum atomic E-state index is -0.0583. The van der Waals surface area contributed by atoms with Gasteiger partial charge in [0.25, 0.3) is 0 Å². The topological polar surface area (TPSA) is 68.9 Å². The van der Waals surface area contributed by atoms with Gasteiger partial charge in [0.2, 0.25) is 11.9 Å². The summed E-state index contributed by atoms with van der Waals surface area (Å²) in [6, 6.07) is 2.25. The van der Waals surface area contributed by atoms with Gasteiger partial charge in [-0.2, -0.15) is 20.2 Å². The molecule has 0 spiro atoms. The first-order chi connectivity index (χ1) is 9.38. The lowest BCUT2D eigenvalue weighted by molar-refractivity contribution is 0.658. The highest BCUT2D eigenvalue weighted by Gasteiger charge is 2.16. The summed E-state index contributed by atoms with van der Waals surface area (Å²) in [6.45, 7) is 9.46. The smallest absolute Gasteiger partial charge is 0.230 e. The molecular weight excluding hydrogens is 252 g/mol. The Morgan fingerprint density at radius 2 is 1.70 bits per heavy atom. The quantitative estimate of drug-likeness (QED) is 0.792. The maximum atomic E-state index is 8.97. The zero-order valence-corrected chi connectivity index (χ0v) is 13.3. The first-order valence-corrected chi connectivity index (χ1v) is 6.96. The van der Waals surface area contributed by atoms with Crippen molar-refractivity contribution in [2.24, 2.45) is 5.92 Å². The van der Waals surface area contributed by atoms with Crippen LogP contribution >= 0.6 is 0 Å². The van der Waals surface area contributed by atoms with Crippen LogP contribution in [0.1, 0.15) is 39.4 Å². The molecular formula is C14H24N6. The molecule has 20 heavy (non-hydrogen) atoms. The minimum absolute atomic E-state index is 0.0583. The van der Waals surface area contributed by atoms with Gasteiger partial charge in [0, 0.05) is 33.1 Å². The zero-order chi connectivity index (χ0) is 15.3. The second-order valence-corrected chi connectivity index (χ2v) is 5.41. The molecule has 6 heteroatoms. The van der Waals surface area contributed by atoms with E-state index >= 15 is 0 Å². The molecule has 0 aliphatic rings. The lowest BCUT2D eigenvalue weighted by atomic mass is 10.2. The van der Waals surface area contributed by atoms with Crippen molar-refractivity contribution in [3.63, 3.8) is 0 Å². The van der Waals surface area contributed by atoms with Crippen LogP contribution in [0.3, 0.4) is 0 Å². The predicted octanol–water partition coefficient (Wildman–Crippen LogP) is 2.05. The van der Waals surface area contributed by atoms with Crippen LogP contribution in [0.25, 0.3) is 0 Å². The molecule has 1 heterocycles. The third-order valence-corrected chi connectivity index (χ3v) is 2.92. The van der Waals surface area contributed by atoms with Crippen LogP contribution in [0, 0.1) is 17.2 Å². The van der Waals surface area contributed by atoms with Crippen LogP contribution in [0.15, 0.2) is 0 Å². The highest BCUT2D eigenvalue weighted by atomic mass is 15.3. The largest absolute Gasteiger partial charge is 0.347 e. The molecule has 0 bridgehead atoms. The number of hydrogen-bond donors (Lipinski definition) is 0. The van der Waals surface area contributed by atoms with Gasteiger partial charge in [-0.1, -0.05) is 13.8 Å². The molecule has 1 unspecified atom stereocenters. The molecule has 1 rings (SSSR count). The Morgan fingerprint density at radius 1 is 1.10 bits per heavy atom. The SMILES string of the molecule is CCN(CC(C)C#N)c1nc(C(C)C)nc(N(C)C)n1. The van der Waals surface area contributed by atoms with Crippen LogP contribution in [0.4, 0.5) is 11.9 Å². The van der Waals surface area contributed by atoms with Crippen molar-refractivity contribution in [3.8, 4) is 6.07 Å². The van der Waals surface area contributed by atoms with Gasteiger partial charge in [-0.15, -0.1) is 0 Å². The third kappa shape index (κ3) is 4.05. The van der Waals surface area contributed by atoms with E-state index < -0.39 is 0 Å². The van der Waals surface area contributed by atoms with Crippen LogP contribution in [0.2, 0.25) is 0 Å². The van der Waals surface area contributed by atoms with Gasteiger partial charge in [-0.3, -0.25) is 0 Å². The molecule has 0 aromatic carbocycles. The van der Waals surface area contributed by atoms with Gasteiger partial charge < -0.3 is 9.80 Å². The van der Waals surface area contributed by atoms with Crippen molar-refractivity contribution in [3.05, 3.63) is 5.82 Å². The molecule has 1 atom stereocenters. The van der Waals surface area contributed by atoms with Crippen LogP contribution in [0.5, 0.6) is 0 Å². The third-order valence-electron chi connectivity index (χ3n) is 2.92. The maximum Gasteiger partial charge on any atom is 0.230 e. The minimum Gasteiger partial charge on any atom is -0.347 e. The van der Waals surface area contributed by atoms with Crippen molar-refractivity contribution in [2.45, 2.75) is 33.6 Å². The molecule has 1 aromatic rings. The summed E-state index contributed by atoms with van der Waals surface area (Å²) in [5, 5.41) is 8.97. The van der Waals surface area contributed by atoms with E-state index in [1.54, 1.807) is 0 Å². The summed E-state index contributed by atoms with van der Waals surface area (Å²) in [5.74, 6) is 2.26. The molecule has 0 fully saturated rings. The Balaban J connectivity index is 3.17. The highest BCUT2D eigenvalue weighted by molar-refractivity contribution is 5.38. The number of nitriles is 1. The number of rotatable bonds is 6. The predicted molar refractivity (Wildman–Crippen MR) is 80.9 cm³/mol. The van der Waals surface area contributed by atoms with Crippen molar-refractivity contribution >= 4 is 11.9 Å². The van der Waals surface area contributed by atoms with Gasteiger partial charge in [-0.05, 0) is 13.8 Å². The molecule has 0 N–H and O–H groups in total. The molecule has 0 radical (unpaired) electrons. The van der Waals surface area contributed by atoms with Gasteiger partial charge in [-0.25, -0.2) is 0 Å².